The van der Waals surface area contributed by atoms with Crippen molar-refractivity contribution in [1.82, 2.24) is 10.2 Å². The van der Waals surface area contributed by atoms with Gasteiger partial charge in [-0.1, -0.05) is 31.4 Å². The Labute approximate surface area is 147 Å². The number of benzene rings is 1. The number of urea groups is 1. The first-order valence-electron chi connectivity index (χ1n) is 8.63. The van der Waals surface area contributed by atoms with Crippen LogP contribution in [0.2, 0.25) is 0 Å². The molecule has 0 aliphatic carbocycles. The standard InChI is InChI=1S/C18H25N3O4/c19-18(24)20-12-14-6-8-15(9-7-14)17(23)25-13-16(22)21-10-4-2-1-3-5-11-21/h6-9H,1-5,10-13H2,(H3,19,20,24). The molecule has 0 radical (unpaired) electrons. The smallest absolute Gasteiger partial charge is 0.338 e. The summed E-state index contributed by atoms with van der Waals surface area (Å²) in [6.45, 7) is 1.53. The van der Waals surface area contributed by atoms with E-state index in [1.165, 1.54) is 6.42 Å². The third kappa shape index (κ3) is 6.45. The van der Waals surface area contributed by atoms with Crippen molar-refractivity contribution in [2.45, 2.75) is 38.6 Å². The third-order valence-corrected chi connectivity index (χ3v) is 4.19. The predicted octanol–water partition coefficient (Wildman–Crippen LogP) is 1.80. The van der Waals surface area contributed by atoms with Crippen LogP contribution in [-0.2, 0) is 16.1 Å². The molecule has 0 atom stereocenters. The molecule has 1 aromatic rings. The minimum atomic E-state index is -0.605. The molecular formula is C18H25N3O4. The SMILES string of the molecule is NC(=O)NCc1ccc(C(=O)OCC(=O)N2CCCCCCC2)cc1. The van der Waals surface area contributed by atoms with Crippen molar-refractivity contribution in [2.24, 2.45) is 5.73 Å². The molecule has 0 aromatic heterocycles. The van der Waals surface area contributed by atoms with Gasteiger partial charge in [-0.15, -0.1) is 0 Å². The van der Waals surface area contributed by atoms with Gasteiger partial charge in [-0.3, -0.25) is 4.79 Å². The number of hydrogen-bond acceptors (Lipinski definition) is 4. The van der Waals surface area contributed by atoms with Gasteiger partial charge in [0.25, 0.3) is 5.91 Å². The fourth-order valence-electron chi connectivity index (χ4n) is 2.75. The van der Waals surface area contributed by atoms with E-state index >= 15 is 0 Å². The van der Waals surface area contributed by atoms with Crippen LogP contribution >= 0.6 is 0 Å². The van der Waals surface area contributed by atoms with Gasteiger partial charge in [-0.05, 0) is 30.5 Å². The van der Waals surface area contributed by atoms with Gasteiger partial charge < -0.3 is 20.7 Å². The number of likely N-dealkylation sites (tertiary alicyclic amines) is 1. The number of amides is 3. The number of nitrogens with zero attached hydrogens (tertiary/aromatic N) is 1. The van der Waals surface area contributed by atoms with E-state index in [1.807, 2.05) is 0 Å². The second kappa shape index (κ2) is 9.66. The lowest BCUT2D eigenvalue weighted by Crippen LogP contribution is -2.36. The Kier molecular flexibility index (Phi) is 7.25. The molecule has 1 heterocycles. The van der Waals surface area contributed by atoms with E-state index < -0.39 is 12.0 Å². The summed E-state index contributed by atoms with van der Waals surface area (Å²) in [5.74, 6) is -0.674. The van der Waals surface area contributed by atoms with Gasteiger partial charge in [0, 0.05) is 19.6 Å². The van der Waals surface area contributed by atoms with Gasteiger partial charge in [0.2, 0.25) is 0 Å². The monoisotopic (exact) mass is 347 g/mol. The highest BCUT2D eigenvalue weighted by molar-refractivity contribution is 5.91. The van der Waals surface area contributed by atoms with Crippen LogP contribution in [0.5, 0.6) is 0 Å². The first-order chi connectivity index (χ1) is 12.1. The number of ether oxygens (including phenoxy) is 1. The highest BCUT2D eigenvalue weighted by Gasteiger charge is 2.17. The zero-order valence-corrected chi connectivity index (χ0v) is 14.3. The Bertz CT molecular complexity index is 593. The first-order valence-corrected chi connectivity index (χ1v) is 8.63. The molecule has 0 saturated carbocycles. The molecule has 0 bridgehead atoms. The molecule has 2 rings (SSSR count). The van der Waals surface area contributed by atoms with E-state index in [9.17, 15) is 14.4 Å². The van der Waals surface area contributed by atoms with Crippen molar-refractivity contribution in [1.29, 1.82) is 0 Å². The van der Waals surface area contributed by atoms with Gasteiger partial charge >= 0.3 is 12.0 Å². The van der Waals surface area contributed by atoms with Gasteiger partial charge in [0.1, 0.15) is 0 Å². The molecule has 136 valence electrons. The van der Waals surface area contributed by atoms with Crippen LogP contribution in [0.4, 0.5) is 4.79 Å². The van der Waals surface area contributed by atoms with Gasteiger partial charge in [-0.25, -0.2) is 9.59 Å². The topological polar surface area (TPSA) is 102 Å². The average molecular weight is 347 g/mol. The lowest BCUT2D eigenvalue weighted by Gasteiger charge is -2.24. The van der Waals surface area contributed by atoms with Crippen molar-refractivity contribution in [2.75, 3.05) is 19.7 Å². The van der Waals surface area contributed by atoms with Crippen LogP contribution in [0.1, 0.15) is 48.0 Å². The van der Waals surface area contributed by atoms with E-state index in [0.29, 0.717) is 5.56 Å². The van der Waals surface area contributed by atoms with Crippen molar-refractivity contribution < 1.29 is 19.1 Å². The molecule has 3 N–H and O–H groups in total. The van der Waals surface area contributed by atoms with Gasteiger partial charge in [-0.2, -0.15) is 0 Å². The number of carbonyl (C=O) groups excluding carboxylic acids is 3. The normalized spacial score (nSPS) is 15.0. The molecule has 7 heteroatoms. The summed E-state index contributed by atoms with van der Waals surface area (Å²) in [5, 5.41) is 2.47. The number of nitrogens with two attached hydrogens (primary N) is 1. The molecule has 7 nitrogen and oxygen atoms in total. The first kappa shape index (κ1) is 18.8. The third-order valence-electron chi connectivity index (χ3n) is 4.19. The number of carbonyl (C=O) groups is 3. The number of esters is 1. The van der Waals surface area contributed by atoms with Gasteiger partial charge in [0.15, 0.2) is 6.61 Å². The lowest BCUT2D eigenvalue weighted by atomic mass is 10.1. The lowest BCUT2D eigenvalue weighted by molar-refractivity contribution is -0.134. The second-order valence-corrected chi connectivity index (χ2v) is 6.14. The average Bonchev–Trinajstić information content (AvgIpc) is 2.57. The molecule has 0 unspecified atom stereocenters. The summed E-state index contributed by atoms with van der Waals surface area (Å²) in [4.78, 5) is 36.7. The summed E-state index contributed by atoms with van der Waals surface area (Å²) < 4.78 is 5.13. The highest BCUT2D eigenvalue weighted by atomic mass is 16.5. The molecule has 1 aliphatic heterocycles. The minimum Gasteiger partial charge on any atom is -0.452 e. The zero-order chi connectivity index (χ0) is 18.1. The summed E-state index contributed by atoms with van der Waals surface area (Å²) >= 11 is 0. The van der Waals surface area contributed by atoms with E-state index in [-0.39, 0.29) is 19.1 Å². The summed E-state index contributed by atoms with van der Waals surface area (Å²) in [7, 11) is 0. The van der Waals surface area contributed by atoms with Crippen molar-refractivity contribution in [3.63, 3.8) is 0 Å². The van der Waals surface area contributed by atoms with Crippen LogP contribution < -0.4 is 11.1 Å². The number of primary amides is 1. The molecular weight excluding hydrogens is 322 g/mol. The molecule has 1 aromatic carbocycles. The van der Waals surface area contributed by atoms with Crippen molar-refractivity contribution in [3.05, 3.63) is 35.4 Å². The molecule has 1 fully saturated rings. The van der Waals surface area contributed by atoms with Crippen molar-refractivity contribution >= 4 is 17.9 Å². The Hall–Kier alpha value is -2.57. The number of rotatable bonds is 5. The maximum Gasteiger partial charge on any atom is 0.338 e. The van der Waals surface area contributed by atoms with Crippen LogP contribution in [0, 0.1) is 0 Å². The number of nitrogens with one attached hydrogen (secondary N) is 1. The Balaban J connectivity index is 1.80. The Morgan fingerprint density at radius 1 is 1.00 bits per heavy atom. The van der Waals surface area contributed by atoms with Gasteiger partial charge in [0.05, 0.1) is 5.56 Å². The zero-order valence-electron chi connectivity index (χ0n) is 14.3. The summed E-state index contributed by atoms with van der Waals surface area (Å²) in [6, 6.07) is 5.99. The van der Waals surface area contributed by atoms with E-state index in [2.05, 4.69) is 5.32 Å². The molecule has 25 heavy (non-hydrogen) atoms. The molecule has 1 saturated heterocycles. The van der Waals surface area contributed by atoms with E-state index in [1.54, 1.807) is 29.2 Å². The van der Waals surface area contributed by atoms with Crippen LogP contribution in [0.15, 0.2) is 24.3 Å². The number of hydrogen-bond donors (Lipinski definition) is 2. The van der Waals surface area contributed by atoms with Crippen LogP contribution in [0.25, 0.3) is 0 Å². The summed E-state index contributed by atoms with van der Waals surface area (Å²) in [6.07, 6.45) is 5.50. The largest absolute Gasteiger partial charge is 0.452 e. The van der Waals surface area contributed by atoms with E-state index in [4.69, 9.17) is 10.5 Å². The second-order valence-electron chi connectivity index (χ2n) is 6.14. The van der Waals surface area contributed by atoms with Crippen molar-refractivity contribution in [3.8, 4) is 0 Å². The van der Waals surface area contributed by atoms with Crippen LogP contribution in [0.3, 0.4) is 0 Å². The minimum absolute atomic E-state index is 0.141. The maximum atomic E-state index is 12.2. The Morgan fingerprint density at radius 2 is 1.60 bits per heavy atom. The van der Waals surface area contributed by atoms with E-state index in [0.717, 1.165) is 44.3 Å². The predicted molar refractivity (Wildman–Crippen MR) is 92.8 cm³/mol. The molecule has 1 aliphatic rings. The highest BCUT2D eigenvalue weighted by Crippen LogP contribution is 2.11. The molecule has 3 amide bonds. The fourth-order valence-corrected chi connectivity index (χ4v) is 2.75. The quantitative estimate of drug-likeness (QED) is 0.793. The maximum absolute atomic E-state index is 12.2. The fraction of sp³-hybridized carbons (Fsp3) is 0.500. The van der Waals surface area contributed by atoms with Crippen LogP contribution in [-0.4, -0.2) is 42.5 Å². The Morgan fingerprint density at radius 3 is 2.20 bits per heavy atom. The molecule has 0 spiro atoms. The summed E-state index contributed by atoms with van der Waals surface area (Å²) in [5.41, 5.74) is 6.18.